The standard InChI is InChI=1S/C15H19NO3/c1-10-5-7-11(8-6-10)14(18)15(19)16-9-12-3-2-4-13(12)17/h5-8,12-13,17H,2-4,9H2,1H3,(H,16,19). The summed E-state index contributed by atoms with van der Waals surface area (Å²) >= 11 is 0. The van der Waals surface area contributed by atoms with Crippen LogP contribution in [0.15, 0.2) is 24.3 Å². The molecule has 0 bridgehead atoms. The zero-order valence-corrected chi connectivity index (χ0v) is 11.1. The Morgan fingerprint density at radius 1 is 1.26 bits per heavy atom. The average Bonchev–Trinajstić information content (AvgIpc) is 2.81. The maximum atomic E-state index is 11.9. The van der Waals surface area contributed by atoms with Crippen LogP contribution in [0.2, 0.25) is 0 Å². The molecule has 2 N–H and O–H groups in total. The van der Waals surface area contributed by atoms with E-state index in [1.165, 1.54) is 0 Å². The average molecular weight is 261 g/mol. The number of carbonyl (C=O) groups excluding carboxylic acids is 2. The second kappa shape index (κ2) is 5.97. The molecule has 0 aliphatic heterocycles. The Morgan fingerprint density at radius 3 is 2.53 bits per heavy atom. The van der Waals surface area contributed by atoms with Gasteiger partial charge in [-0.05, 0) is 19.8 Å². The smallest absolute Gasteiger partial charge is 0.292 e. The minimum Gasteiger partial charge on any atom is -0.393 e. The Labute approximate surface area is 112 Å². The maximum Gasteiger partial charge on any atom is 0.292 e. The van der Waals surface area contributed by atoms with E-state index in [0.29, 0.717) is 12.1 Å². The number of amides is 1. The Hall–Kier alpha value is -1.68. The van der Waals surface area contributed by atoms with E-state index in [1.54, 1.807) is 24.3 Å². The fourth-order valence-electron chi connectivity index (χ4n) is 2.40. The molecule has 0 saturated heterocycles. The van der Waals surface area contributed by atoms with E-state index in [2.05, 4.69) is 5.32 Å². The summed E-state index contributed by atoms with van der Waals surface area (Å²) in [6, 6.07) is 6.92. The van der Waals surface area contributed by atoms with Crippen molar-refractivity contribution in [2.75, 3.05) is 6.54 Å². The molecular weight excluding hydrogens is 242 g/mol. The molecule has 1 aromatic rings. The number of hydrogen-bond donors (Lipinski definition) is 2. The number of nitrogens with one attached hydrogen (secondary N) is 1. The zero-order valence-electron chi connectivity index (χ0n) is 11.1. The minimum absolute atomic E-state index is 0.0785. The number of ketones is 1. The van der Waals surface area contributed by atoms with Crippen molar-refractivity contribution in [3.05, 3.63) is 35.4 Å². The predicted molar refractivity (Wildman–Crippen MR) is 71.9 cm³/mol. The maximum absolute atomic E-state index is 11.9. The molecule has 2 rings (SSSR count). The fourth-order valence-corrected chi connectivity index (χ4v) is 2.40. The Bertz CT molecular complexity index is 467. The van der Waals surface area contributed by atoms with E-state index in [4.69, 9.17) is 0 Å². The third-order valence-electron chi connectivity index (χ3n) is 3.66. The molecule has 1 fully saturated rings. The highest BCUT2D eigenvalue weighted by molar-refractivity contribution is 6.42. The summed E-state index contributed by atoms with van der Waals surface area (Å²) in [6.45, 7) is 2.30. The Kier molecular flexibility index (Phi) is 4.32. The van der Waals surface area contributed by atoms with Crippen LogP contribution in [0.3, 0.4) is 0 Å². The molecule has 102 valence electrons. The van der Waals surface area contributed by atoms with Crippen LogP contribution < -0.4 is 5.32 Å². The molecule has 2 unspecified atom stereocenters. The molecule has 0 radical (unpaired) electrons. The number of aliphatic hydroxyl groups is 1. The lowest BCUT2D eigenvalue weighted by molar-refractivity contribution is -0.117. The van der Waals surface area contributed by atoms with Gasteiger partial charge in [0, 0.05) is 18.0 Å². The molecule has 4 heteroatoms. The van der Waals surface area contributed by atoms with Crippen molar-refractivity contribution in [2.45, 2.75) is 32.3 Å². The minimum atomic E-state index is -0.594. The van der Waals surface area contributed by atoms with Crippen LogP contribution in [-0.4, -0.2) is 29.4 Å². The van der Waals surface area contributed by atoms with Crippen LogP contribution in [0, 0.1) is 12.8 Å². The van der Waals surface area contributed by atoms with Gasteiger partial charge >= 0.3 is 0 Å². The first-order valence-electron chi connectivity index (χ1n) is 6.65. The molecule has 0 heterocycles. The lowest BCUT2D eigenvalue weighted by atomic mass is 10.1. The lowest BCUT2D eigenvalue weighted by Crippen LogP contribution is -2.36. The monoisotopic (exact) mass is 261 g/mol. The molecule has 1 aliphatic rings. The van der Waals surface area contributed by atoms with Gasteiger partial charge in [-0.2, -0.15) is 0 Å². The number of rotatable bonds is 4. The van der Waals surface area contributed by atoms with Crippen molar-refractivity contribution in [3.63, 3.8) is 0 Å². The first-order chi connectivity index (χ1) is 9.08. The Morgan fingerprint density at radius 2 is 1.95 bits per heavy atom. The summed E-state index contributed by atoms with van der Waals surface area (Å²) in [4.78, 5) is 23.6. The van der Waals surface area contributed by atoms with E-state index in [-0.39, 0.29) is 12.0 Å². The number of aliphatic hydroxyl groups excluding tert-OH is 1. The molecule has 1 saturated carbocycles. The Balaban J connectivity index is 1.89. The van der Waals surface area contributed by atoms with Gasteiger partial charge in [0.05, 0.1) is 6.10 Å². The lowest BCUT2D eigenvalue weighted by Gasteiger charge is -2.14. The largest absolute Gasteiger partial charge is 0.393 e. The van der Waals surface area contributed by atoms with Crippen LogP contribution in [0.1, 0.15) is 35.2 Å². The number of Topliss-reactive ketones (excluding diaryl/α,β-unsaturated/α-hetero) is 1. The van der Waals surface area contributed by atoms with Crippen molar-refractivity contribution in [3.8, 4) is 0 Å². The molecule has 0 spiro atoms. The summed E-state index contributed by atoms with van der Waals surface area (Å²) in [5.41, 5.74) is 1.45. The second-order valence-electron chi connectivity index (χ2n) is 5.16. The van der Waals surface area contributed by atoms with Crippen LogP contribution in [0.25, 0.3) is 0 Å². The first kappa shape index (κ1) is 13.7. The SMILES string of the molecule is Cc1ccc(C(=O)C(=O)NCC2CCCC2O)cc1. The van der Waals surface area contributed by atoms with Crippen molar-refractivity contribution in [1.82, 2.24) is 5.32 Å². The van der Waals surface area contributed by atoms with Gasteiger partial charge in [0.1, 0.15) is 0 Å². The van der Waals surface area contributed by atoms with Gasteiger partial charge in [-0.25, -0.2) is 0 Å². The summed E-state index contributed by atoms with van der Waals surface area (Å²) in [7, 11) is 0. The molecular formula is C15H19NO3. The number of aryl methyl sites for hydroxylation is 1. The number of hydrogen-bond acceptors (Lipinski definition) is 3. The van der Waals surface area contributed by atoms with Crippen molar-refractivity contribution in [2.24, 2.45) is 5.92 Å². The molecule has 1 amide bonds. The molecule has 0 aromatic heterocycles. The molecule has 1 aliphatic carbocycles. The zero-order chi connectivity index (χ0) is 13.8. The van der Waals surface area contributed by atoms with Crippen LogP contribution in [0.5, 0.6) is 0 Å². The van der Waals surface area contributed by atoms with E-state index in [0.717, 1.165) is 24.8 Å². The summed E-state index contributed by atoms with van der Waals surface area (Å²) < 4.78 is 0. The normalized spacial score (nSPS) is 22.2. The van der Waals surface area contributed by atoms with Gasteiger partial charge in [-0.1, -0.05) is 36.2 Å². The first-order valence-corrected chi connectivity index (χ1v) is 6.65. The third kappa shape index (κ3) is 3.41. The second-order valence-corrected chi connectivity index (χ2v) is 5.16. The number of benzene rings is 1. The quantitative estimate of drug-likeness (QED) is 0.637. The summed E-state index contributed by atoms with van der Waals surface area (Å²) in [6.07, 6.45) is 2.31. The van der Waals surface area contributed by atoms with E-state index < -0.39 is 11.7 Å². The highest BCUT2D eigenvalue weighted by Gasteiger charge is 2.26. The molecule has 2 atom stereocenters. The van der Waals surface area contributed by atoms with Gasteiger partial charge in [0.25, 0.3) is 5.91 Å². The fraction of sp³-hybridized carbons (Fsp3) is 0.467. The van der Waals surface area contributed by atoms with Gasteiger partial charge < -0.3 is 10.4 Å². The van der Waals surface area contributed by atoms with Crippen LogP contribution >= 0.6 is 0 Å². The van der Waals surface area contributed by atoms with E-state index in [1.807, 2.05) is 6.92 Å². The van der Waals surface area contributed by atoms with Gasteiger partial charge in [0.2, 0.25) is 5.78 Å². The van der Waals surface area contributed by atoms with E-state index >= 15 is 0 Å². The molecule has 19 heavy (non-hydrogen) atoms. The highest BCUT2D eigenvalue weighted by Crippen LogP contribution is 2.24. The predicted octanol–water partition coefficient (Wildman–Crippen LogP) is 1.45. The number of carbonyl (C=O) groups is 2. The molecule has 4 nitrogen and oxygen atoms in total. The van der Waals surface area contributed by atoms with Crippen molar-refractivity contribution < 1.29 is 14.7 Å². The summed E-state index contributed by atoms with van der Waals surface area (Å²) in [5.74, 6) is -1.04. The van der Waals surface area contributed by atoms with Crippen molar-refractivity contribution in [1.29, 1.82) is 0 Å². The topological polar surface area (TPSA) is 66.4 Å². The van der Waals surface area contributed by atoms with E-state index in [9.17, 15) is 14.7 Å². The third-order valence-corrected chi connectivity index (χ3v) is 3.66. The highest BCUT2D eigenvalue weighted by atomic mass is 16.3. The van der Waals surface area contributed by atoms with Gasteiger partial charge in [-0.15, -0.1) is 0 Å². The summed E-state index contributed by atoms with van der Waals surface area (Å²) in [5, 5.41) is 12.3. The van der Waals surface area contributed by atoms with Crippen LogP contribution in [-0.2, 0) is 4.79 Å². The van der Waals surface area contributed by atoms with Crippen LogP contribution in [0.4, 0.5) is 0 Å². The molecule has 1 aromatic carbocycles. The van der Waals surface area contributed by atoms with Gasteiger partial charge in [-0.3, -0.25) is 9.59 Å². The van der Waals surface area contributed by atoms with Crippen molar-refractivity contribution >= 4 is 11.7 Å². The van der Waals surface area contributed by atoms with Gasteiger partial charge in [0.15, 0.2) is 0 Å².